The molecule has 0 radical (unpaired) electrons. The fourth-order valence-corrected chi connectivity index (χ4v) is 2.67. The van der Waals surface area contributed by atoms with Crippen LogP contribution in [0.2, 0.25) is 5.02 Å². The molecule has 0 amide bonds. The van der Waals surface area contributed by atoms with E-state index in [0.29, 0.717) is 0 Å². The molecule has 102 valence electrons. The normalized spacial score (nSPS) is 12.7. The summed E-state index contributed by atoms with van der Waals surface area (Å²) in [6.07, 6.45) is 2.67. The molecule has 0 bridgehead atoms. The molecule has 0 aliphatic carbocycles. The van der Waals surface area contributed by atoms with Crippen LogP contribution in [0.3, 0.4) is 0 Å². The first kappa shape index (κ1) is 14.5. The molecule has 1 aromatic heterocycles. The second-order valence-electron chi connectivity index (χ2n) is 4.25. The van der Waals surface area contributed by atoms with Crippen LogP contribution in [0.25, 0.3) is 0 Å². The average Bonchev–Trinajstić information content (AvgIpc) is 2.74. The molecular formula is C13H14BrClFN3. The molecule has 1 aromatic carbocycles. The number of aryl methyl sites for hydroxylation is 1. The number of halogens is 3. The Kier molecular flexibility index (Phi) is 4.60. The van der Waals surface area contributed by atoms with Crippen molar-refractivity contribution < 1.29 is 4.39 Å². The van der Waals surface area contributed by atoms with Gasteiger partial charge < -0.3 is 5.73 Å². The highest BCUT2D eigenvalue weighted by molar-refractivity contribution is 9.10. The molecule has 19 heavy (non-hydrogen) atoms. The fourth-order valence-electron chi connectivity index (χ4n) is 1.93. The molecule has 3 nitrogen and oxygen atoms in total. The Morgan fingerprint density at radius 3 is 2.89 bits per heavy atom. The van der Waals surface area contributed by atoms with Crippen molar-refractivity contribution >= 4 is 27.5 Å². The van der Waals surface area contributed by atoms with Crippen molar-refractivity contribution in [3.05, 3.63) is 51.0 Å². The van der Waals surface area contributed by atoms with Gasteiger partial charge in [0.2, 0.25) is 0 Å². The van der Waals surface area contributed by atoms with Crippen LogP contribution in [-0.4, -0.2) is 9.78 Å². The molecule has 0 saturated heterocycles. The van der Waals surface area contributed by atoms with Crippen LogP contribution in [0, 0.1) is 5.82 Å². The van der Waals surface area contributed by atoms with Crippen molar-refractivity contribution in [2.75, 3.05) is 0 Å². The van der Waals surface area contributed by atoms with Crippen molar-refractivity contribution in [1.29, 1.82) is 0 Å². The van der Waals surface area contributed by atoms with Crippen LogP contribution in [0.15, 0.2) is 28.9 Å². The summed E-state index contributed by atoms with van der Waals surface area (Å²) < 4.78 is 15.9. The summed E-state index contributed by atoms with van der Waals surface area (Å²) in [5.74, 6) is -0.446. The third kappa shape index (κ3) is 2.99. The molecule has 2 rings (SSSR count). The van der Waals surface area contributed by atoms with Gasteiger partial charge in [-0.2, -0.15) is 5.10 Å². The minimum Gasteiger partial charge on any atom is -0.319 e. The lowest BCUT2D eigenvalue weighted by atomic mass is 10.0. The van der Waals surface area contributed by atoms with Crippen LogP contribution in [0.1, 0.15) is 30.6 Å². The van der Waals surface area contributed by atoms with E-state index in [1.54, 1.807) is 18.3 Å². The quantitative estimate of drug-likeness (QED) is 0.912. The first-order chi connectivity index (χ1) is 9.04. The zero-order valence-corrected chi connectivity index (χ0v) is 12.7. The second kappa shape index (κ2) is 6.03. The van der Waals surface area contributed by atoms with E-state index in [2.05, 4.69) is 28.0 Å². The zero-order valence-electron chi connectivity index (χ0n) is 10.4. The van der Waals surface area contributed by atoms with E-state index in [4.69, 9.17) is 17.3 Å². The molecule has 0 aliphatic heterocycles. The number of benzene rings is 1. The Labute approximate surface area is 124 Å². The van der Waals surface area contributed by atoms with Gasteiger partial charge in [-0.15, -0.1) is 0 Å². The zero-order chi connectivity index (χ0) is 14.0. The van der Waals surface area contributed by atoms with E-state index in [9.17, 15) is 4.39 Å². The molecule has 1 heterocycles. The van der Waals surface area contributed by atoms with Gasteiger partial charge in [-0.25, -0.2) is 4.39 Å². The van der Waals surface area contributed by atoms with Crippen molar-refractivity contribution in [3.8, 4) is 0 Å². The SMILES string of the molecule is CCCn1ncc(Br)c1C(N)c1ccc(F)c(Cl)c1. The Balaban J connectivity index is 2.40. The Hall–Kier alpha value is -0.910. The standard InChI is InChI=1S/C13H14BrClFN3/c1-2-5-19-13(9(14)7-18-19)12(17)8-3-4-11(16)10(15)6-8/h3-4,6-7,12H,2,5,17H2,1H3. The van der Waals surface area contributed by atoms with Gasteiger partial charge in [-0.05, 0) is 40.0 Å². The number of nitrogens with two attached hydrogens (primary N) is 1. The molecule has 0 spiro atoms. The van der Waals surface area contributed by atoms with Crippen molar-refractivity contribution in [2.45, 2.75) is 25.9 Å². The lowest BCUT2D eigenvalue weighted by Gasteiger charge is -2.15. The fraction of sp³-hybridized carbons (Fsp3) is 0.308. The van der Waals surface area contributed by atoms with Gasteiger partial charge in [0, 0.05) is 6.54 Å². The minimum absolute atomic E-state index is 0.0747. The smallest absolute Gasteiger partial charge is 0.141 e. The maximum absolute atomic E-state index is 13.2. The highest BCUT2D eigenvalue weighted by Crippen LogP contribution is 2.29. The van der Waals surface area contributed by atoms with Gasteiger partial charge in [0.15, 0.2) is 0 Å². The van der Waals surface area contributed by atoms with Gasteiger partial charge in [-0.1, -0.05) is 24.6 Å². The van der Waals surface area contributed by atoms with E-state index >= 15 is 0 Å². The van der Waals surface area contributed by atoms with Gasteiger partial charge in [0.1, 0.15) is 5.82 Å². The maximum atomic E-state index is 13.2. The van der Waals surface area contributed by atoms with Gasteiger partial charge in [0.25, 0.3) is 0 Å². The van der Waals surface area contributed by atoms with Crippen LogP contribution in [-0.2, 0) is 6.54 Å². The second-order valence-corrected chi connectivity index (χ2v) is 5.51. The Morgan fingerprint density at radius 1 is 1.53 bits per heavy atom. The Morgan fingerprint density at radius 2 is 2.26 bits per heavy atom. The topological polar surface area (TPSA) is 43.8 Å². The molecular weight excluding hydrogens is 333 g/mol. The van der Waals surface area contributed by atoms with Crippen LogP contribution >= 0.6 is 27.5 Å². The summed E-state index contributed by atoms with van der Waals surface area (Å²) in [5.41, 5.74) is 7.86. The Bertz CT molecular complexity index is 585. The average molecular weight is 347 g/mol. The van der Waals surface area contributed by atoms with Gasteiger partial charge in [-0.3, -0.25) is 4.68 Å². The third-order valence-electron chi connectivity index (χ3n) is 2.87. The number of hydrogen-bond donors (Lipinski definition) is 1. The lowest BCUT2D eigenvalue weighted by molar-refractivity contribution is 0.558. The highest BCUT2D eigenvalue weighted by atomic mass is 79.9. The summed E-state index contributed by atoms with van der Waals surface area (Å²) in [6.45, 7) is 2.85. The summed E-state index contributed by atoms with van der Waals surface area (Å²) in [4.78, 5) is 0. The first-order valence-corrected chi connectivity index (χ1v) is 7.13. The predicted octanol–water partition coefficient (Wildman–Crippen LogP) is 3.90. The lowest BCUT2D eigenvalue weighted by Crippen LogP contribution is -2.18. The van der Waals surface area contributed by atoms with E-state index in [1.807, 2.05) is 4.68 Å². The molecule has 0 aliphatic rings. The molecule has 2 N–H and O–H groups in total. The maximum Gasteiger partial charge on any atom is 0.141 e. The molecule has 6 heteroatoms. The summed E-state index contributed by atoms with van der Waals surface area (Å²) in [5, 5.41) is 4.35. The minimum atomic E-state index is -0.446. The van der Waals surface area contributed by atoms with Gasteiger partial charge in [0.05, 0.1) is 27.4 Å². The molecule has 1 atom stereocenters. The molecule has 0 saturated carbocycles. The molecule has 2 aromatic rings. The summed E-state index contributed by atoms with van der Waals surface area (Å²) in [7, 11) is 0. The molecule has 1 unspecified atom stereocenters. The summed E-state index contributed by atoms with van der Waals surface area (Å²) in [6, 6.07) is 4.12. The van der Waals surface area contributed by atoms with E-state index < -0.39 is 11.9 Å². The van der Waals surface area contributed by atoms with E-state index in [1.165, 1.54) is 6.07 Å². The predicted molar refractivity (Wildman–Crippen MR) is 77.7 cm³/mol. The largest absolute Gasteiger partial charge is 0.319 e. The van der Waals surface area contributed by atoms with Crippen LogP contribution < -0.4 is 5.73 Å². The van der Waals surface area contributed by atoms with Gasteiger partial charge >= 0.3 is 0 Å². The number of nitrogens with zero attached hydrogens (tertiary/aromatic N) is 2. The number of rotatable bonds is 4. The van der Waals surface area contributed by atoms with Crippen LogP contribution in [0.4, 0.5) is 4.39 Å². The molecule has 0 fully saturated rings. The van der Waals surface area contributed by atoms with Crippen LogP contribution in [0.5, 0.6) is 0 Å². The van der Waals surface area contributed by atoms with Crippen molar-refractivity contribution in [1.82, 2.24) is 9.78 Å². The highest BCUT2D eigenvalue weighted by Gasteiger charge is 2.19. The monoisotopic (exact) mass is 345 g/mol. The van der Waals surface area contributed by atoms with E-state index in [-0.39, 0.29) is 5.02 Å². The number of aromatic nitrogens is 2. The third-order valence-corrected chi connectivity index (χ3v) is 3.77. The number of hydrogen-bond acceptors (Lipinski definition) is 2. The van der Waals surface area contributed by atoms with Crippen molar-refractivity contribution in [2.24, 2.45) is 5.73 Å². The first-order valence-electron chi connectivity index (χ1n) is 5.96. The van der Waals surface area contributed by atoms with E-state index in [0.717, 1.165) is 28.7 Å². The summed E-state index contributed by atoms with van der Waals surface area (Å²) >= 11 is 9.24. The van der Waals surface area contributed by atoms with Crippen molar-refractivity contribution in [3.63, 3.8) is 0 Å².